The van der Waals surface area contributed by atoms with E-state index in [1.165, 1.54) is 30.3 Å². The molecule has 1 fully saturated rings. The van der Waals surface area contributed by atoms with E-state index in [2.05, 4.69) is 5.32 Å². The summed E-state index contributed by atoms with van der Waals surface area (Å²) < 4.78 is 43.8. The van der Waals surface area contributed by atoms with Crippen LogP contribution in [0.5, 0.6) is 0 Å². The minimum atomic E-state index is -4.48. The Labute approximate surface area is 164 Å². The number of non-ortho nitro benzene ring substituents is 1. The number of nitrogens with zero attached hydrogens (tertiary/aromatic N) is 2. The van der Waals surface area contributed by atoms with Crippen molar-refractivity contribution < 1.29 is 27.6 Å². The zero-order valence-corrected chi connectivity index (χ0v) is 15.2. The summed E-state index contributed by atoms with van der Waals surface area (Å²) in [4.78, 5) is 25.1. The smallest absolute Gasteiger partial charge is 0.378 e. The fourth-order valence-electron chi connectivity index (χ4n) is 3.03. The maximum atomic E-state index is 12.8. The van der Waals surface area contributed by atoms with Crippen molar-refractivity contribution in [3.8, 4) is 0 Å². The van der Waals surface area contributed by atoms with Crippen LogP contribution >= 0.6 is 0 Å². The second kappa shape index (κ2) is 8.48. The van der Waals surface area contributed by atoms with Gasteiger partial charge in [0, 0.05) is 31.8 Å². The topological polar surface area (TPSA) is 84.7 Å². The van der Waals surface area contributed by atoms with E-state index in [9.17, 15) is 28.1 Å². The van der Waals surface area contributed by atoms with E-state index in [-0.39, 0.29) is 23.4 Å². The molecule has 1 saturated heterocycles. The van der Waals surface area contributed by atoms with E-state index in [1.54, 1.807) is 0 Å². The number of nitrogens with one attached hydrogen (secondary N) is 1. The van der Waals surface area contributed by atoms with Gasteiger partial charge in [0.25, 0.3) is 11.6 Å². The molecule has 29 heavy (non-hydrogen) atoms. The summed E-state index contributed by atoms with van der Waals surface area (Å²) in [6.07, 6.45) is -4.48. The Morgan fingerprint density at radius 1 is 1.17 bits per heavy atom. The molecular formula is C19H18F3N3O4. The molecule has 154 valence electrons. The minimum Gasteiger partial charge on any atom is -0.378 e. The lowest BCUT2D eigenvalue weighted by Crippen LogP contribution is -2.38. The molecule has 0 bridgehead atoms. The Hall–Kier alpha value is -3.14. The van der Waals surface area contributed by atoms with Crippen LogP contribution in [0.2, 0.25) is 0 Å². The predicted molar refractivity (Wildman–Crippen MR) is 98.7 cm³/mol. The maximum absolute atomic E-state index is 12.8. The Morgan fingerprint density at radius 3 is 2.55 bits per heavy atom. The summed E-state index contributed by atoms with van der Waals surface area (Å²) in [5.41, 5.74) is -0.181. The van der Waals surface area contributed by atoms with Crippen molar-refractivity contribution >= 4 is 17.3 Å². The molecule has 1 heterocycles. The number of hydrogen-bond donors (Lipinski definition) is 1. The summed E-state index contributed by atoms with van der Waals surface area (Å²) in [5.74, 6) is -0.604. The molecule has 2 aromatic carbocycles. The van der Waals surface area contributed by atoms with Gasteiger partial charge in [0.2, 0.25) is 0 Å². The molecule has 1 aliphatic heterocycles. The SMILES string of the molecule is O=C(NCc1cccc(C(F)(F)F)c1)c1cc([N+](=O)[O-])ccc1N1CCOCC1. The summed E-state index contributed by atoms with van der Waals surface area (Å²) >= 11 is 0. The molecule has 0 aliphatic carbocycles. The number of morpholine rings is 1. The number of hydrogen-bond acceptors (Lipinski definition) is 5. The predicted octanol–water partition coefficient (Wildman–Crippen LogP) is 3.38. The monoisotopic (exact) mass is 409 g/mol. The van der Waals surface area contributed by atoms with Crippen LogP contribution in [-0.2, 0) is 17.5 Å². The molecule has 1 aliphatic rings. The fraction of sp³-hybridized carbons (Fsp3) is 0.316. The van der Waals surface area contributed by atoms with Gasteiger partial charge in [-0.05, 0) is 23.8 Å². The van der Waals surface area contributed by atoms with E-state index in [4.69, 9.17) is 4.74 Å². The standard InChI is InChI=1S/C19H18F3N3O4/c20-19(21,22)14-3-1-2-13(10-14)12-23-18(26)16-11-15(25(27)28)4-5-17(16)24-6-8-29-9-7-24/h1-5,10-11H,6-9,12H2,(H,23,26). The van der Waals surface area contributed by atoms with E-state index >= 15 is 0 Å². The lowest BCUT2D eigenvalue weighted by atomic mass is 10.1. The van der Waals surface area contributed by atoms with Crippen LogP contribution in [0.25, 0.3) is 0 Å². The normalized spacial score (nSPS) is 14.5. The van der Waals surface area contributed by atoms with Gasteiger partial charge in [-0.1, -0.05) is 12.1 Å². The number of carbonyl (C=O) groups is 1. The largest absolute Gasteiger partial charge is 0.416 e. The van der Waals surface area contributed by atoms with E-state index in [0.717, 1.165) is 12.1 Å². The van der Waals surface area contributed by atoms with Gasteiger partial charge in [-0.25, -0.2) is 0 Å². The molecule has 10 heteroatoms. The first-order valence-corrected chi connectivity index (χ1v) is 8.81. The maximum Gasteiger partial charge on any atom is 0.416 e. The van der Waals surface area contributed by atoms with E-state index in [0.29, 0.717) is 32.0 Å². The molecule has 3 rings (SSSR count). The first kappa shape index (κ1) is 20.6. The van der Waals surface area contributed by atoms with Crippen molar-refractivity contribution in [2.75, 3.05) is 31.2 Å². The molecule has 1 amide bonds. The molecule has 0 saturated carbocycles. The molecule has 0 spiro atoms. The van der Waals surface area contributed by atoms with Gasteiger partial charge in [-0.15, -0.1) is 0 Å². The number of nitro groups is 1. The number of alkyl halides is 3. The number of halogens is 3. The number of amides is 1. The summed E-state index contributed by atoms with van der Waals surface area (Å²) in [6, 6.07) is 8.62. The molecule has 0 radical (unpaired) electrons. The lowest BCUT2D eigenvalue weighted by Gasteiger charge is -2.30. The third kappa shape index (κ3) is 5.02. The second-order valence-corrected chi connectivity index (χ2v) is 6.44. The van der Waals surface area contributed by atoms with Gasteiger partial charge in [0.15, 0.2) is 0 Å². The number of rotatable bonds is 5. The highest BCUT2D eigenvalue weighted by atomic mass is 19.4. The first-order chi connectivity index (χ1) is 13.8. The van der Waals surface area contributed by atoms with Gasteiger partial charge in [0.1, 0.15) is 0 Å². The summed E-state index contributed by atoms with van der Waals surface area (Å²) in [7, 11) is 0. The highest BCUT2D eigenvalue weighted by Crippen LogP contribution is 2.30. The van der Waals surface area contributed by atoms with Crippen molar-refractivity contribution in [1.29, 1.82) is 0 Å². The van der Waals surface area contributed by atoms with Crippen LogP contribution in [-0.4, -0.2) is 37.1 Å². The van der Waals surface area contributed by atoms with Gasteiger partial charge in [-0.2, -0.15) is 13.2 Å². The number of benzene rings is 2. The van der Waals surface area contributed by atoms with Crippen LogP contribution < -0.4 is 10.2 Å². The van der Waals surface area contributed by atoms with E-state index < -0.39 is 22.6 Å². The van der Waals surface area contributed by atoms with Crippen LogP contribution in [0.3, 0.4) is 0 Å². The van der Waals surface area contributed by atoms with Crippen molar-refractivity contribution in [1.82, 2.24) is 5.32 Å². The Balaban J connectivity index is 1.82. The molecule has 1 N–H and O–H groups in total. The van der Waals surface area contributed by atoms with Gasteiger partial charge >= 0.3 is 6.18 Å². The quantitative estimate of drug-likeness (QED) is 0.605. The molecule has 0 aromatic heterocycles. The summed E-state index contributed by atoms with van der Waals surface area (Å²) in [6.45, 7) is 1.82. The number of ether oxygens (including phenoxy) is 1. The average molecular weight is 409 g/mol. The molecule has 0 atom stereocenters. The van der Waals surface area contributed by atoms with Gasteiger partial charge in [-0.3, -0.25) is 14.9 Å². The minimum absolute atomic E-state index is 0.0908. The third-order valence-corrected chi connectivity index (χ3v) is 4.49. The lowest BCUT2D eigenvalue weighted by molar-refractivity contribution is -0.384. The molecule has 0 unspecified atom stereocenters. The Bertz CT molecular complexity index is 912. The van der Waals surface area contributed by atoms with Gasteiger partial charge in [0.05, 0.1) is 35.0 Å². The highest BCUT2D eigenvalue weighted by Gasteiger charge is 2.30. The van der Waals surface area contributed by atoms with Crippen LogP contribution in [0, 0.1) is 10.1 Å². The van der Waals surface area contributed by atoms with Crippen molar-refractivity contribution in [3.05, 3.63) is 69.3 Å². The molecule has 7 nitrogen and oxygen atoms in total. The van der Waals surface area contributed by atoms with Crippen molar-refractivity contribution in [2.45, 2.75) is 12.7 Å². The fourth-order valence-corrected chi connectivity index (χ4v) is 3.03. The first-order valence-electron chi connectivity index (χ1n) is 8.81. The van der Waals surface area contributed by atoms with E-state index in [1.807, 2.05) is 4.90 Å². The molecular weight excluding hydrogens is 391 g/mol. The average Bonchev–Trinajstić information content (AvgIpc) is 2.71. The molecule has 2 aromatic rings. The zero-order chi connectivity index (χ0) is 21.0. The van der Waals surface area contributed by atoms with Crippen molar-refractivity contribution in [2.24, 2.45) is 0 Å². The number of nitro benzene ring substituents is 1. The summed E-state index contributed by atoms with van der Waals surface area (Å²) in [5, 5.41) is 13.7. The Morgan fingerprint density at radius 2 is 1.90 bits per heavy atom. The van der Waals surface area contributed by atoms with Crippen molar-refractivity contribution in [3.63, 3.8) is 0 Å². The van der Waals surface area contributed by atoms with Gasteiger partial charge < -0.3 is 15.0 Å². The highest BCUT2D eigenvalue weighted by molar-refractivity contribution is 6.00. The third-order valence-electron chi connectivity index (χ3n) is 4.49. The van der Waals surface area contributed by atoms with Crippen LogP contribution in [0.4, 0.5) is 24.5 Å². The van der Waals surface area contributed by atoms with Crippen LogP contribution in [0.1, 0.15) is 21.5 Å². The number of carbonyl (C=O) groups excluding carboxylic acids is 1. The van der Waals surface area contributed by atoms with Crippen LogP contribution in [0.15, 0.2) is 42.5 Å². The zero-order valence-electron chi connectivity index (χ0n) is 15.2. The number of anilines is 1. The second-order valence-electron chi connectivity index (χ2n) is 6.44. The Kier molecular flexibility index (Phi) is 6.02.